The van der Waals surface area contributed by atoms with Crippen LogP contribution in [0.3, 0.4) is 0 Å². The molecule has 0 saturated carbocycles. The van der Waals surface area contributed by atoms with Crippen molar-refractivity contribution in [2.75, 3.05) is 33.9 Å². The van der Waals surface area contributed by atoms with E-state index in [0.717, 1.165) is 63.5 Å². The normalized spacial score (nSPS) is 19.1. The fraction of sp³-hybridized carbons (Fsp3) is 0.571. The summed E-state index contributed by atoms with van der Waals surface area (Å²) in [5.41, 5.74) is 3.69. The van der Waals surface area contributed by atoms with Gasteiger partial charge in [-0.15, -0.1) is 0 Å². The first-order valence-corrected chi connectivity index (χ1v) is 9.80. The van der Waals surface area contributed by atoms with Crippen LogP contribution in [0.5, 0.6) is 11.5 Å². The molecule has 0 amide bonds. The topological polar surface area (TPSA) is 48.8 Å². The molecule has 2 aliphatic heterocycles. The average molecular weight is 371 g/mol. The number of hydrogen-bond acceptors (Lipinski definition) is 5. The number of ether oxygens (including phenoxy) is 3. The second-order valence-electron chi connectivity index (χ2n) is 7.40. The maximum atomic E-state index is 6.39. The van der Waals surface area contributed by atoms with Gasteiger partial charge >= 0.3 is 0 Å². The molecule has 1 spiro atoms. The monoisotopic (exact) mass is 371 g/mol. The van der Waals surface area contributed by atoms with E-state index in [1.165, 1.54) is 16.8 Å². The van der Waals surface area contributed by atoms with E-state index >= 15 is 0 Å². The van der Waals surface area contributed by atoms with E-state index in [-0.39, 0.29) is 5.60 Å². The molecule has 1 saturated heterocycles. The zero-order valence-electron chi connectivity index (χ0n) is 16.5. The van der Waals surface area contributed by atoms with Crippen LogP contribution in [0.4, 0.5) is 0 Å². The number of methoxy groups -OCH3 is 2. The molecular formula is C21H29N3O3. The Bertz CT molecular complexity index is 794. The third-order valence-electron chi connectivity index (χ3n) is 6.04. The SMILES string of the molecule is CCn1cncc1CN1CCC2(CC1)OCCc1cc(OC)c(OC)cc12. The molecular weight excluding hydrogens is 342 g/mol. The van der Waals surface area contributed by atoms with Gasteiger partial charge in [0, 0.05) is 32.4 Å². The highest BCUT2D eigenvalue weighted by Crippen LogP contribution is 2.45. The first-order chi connectivity index (χ1) is 13.2. The number of piperidine rings is 1. The van der Waals surface area contributed by atoms with Gasteiger partial charge in [-0.3, -0.25) is 4.90 Å². The predicted molar refractivity (Wildman–Crippen MR) is 103 cm³/mol. The highest BCUT2D eigenvalue weighted by atomic mass is 16.5. The summed E-state index contributed by atoms with van der Waals surface area (Å²) >= 11 is 0. The van der Waals surface area contributed by atoms with Crippen molar-refractivity contribution < 1.29 is 14.2 Å². The van der Waals surface area contributed by atoms with Gasteiger partial charge in [-0.05, 0) is 49.4 Å². The molecule has 2 aliphatic rings. The average Bonchev–Trinajstić information content (AvgIpc) is 3.16. The largest absolute Gasteiger partial charge is 0.493 e. The first-order valence-electron chi connectivity index (χ1n) is 9.80. The second kappa shape index (κ2) is 7.52. The number of rotatable bonds is 5. The number of aryl methyl sites for hydroxylation is 1. The van der Waals surface area contributed by atoms with Crippen molar-refractivity contribution in [3.63, 3.8) is 0 Å². The fourth-order valence-electron chi connectivity index (χ4n) is 4.47. The van der Waals surface area contributed by atoms with Crippen LogP contribution in [0.25, 0.3) is 0 Å². The van der Waals surface area contributed by atoms with Gasteiger partial charge in [0.1, 0.15) is 0 Å². The van der Waals surface area contributed by atoms with E-state index in [4.69, 9.17) is 14.2 Å². The Balaban J connectivity index is 1.53. The highest BCUT2D eigenvalue weighted by Gasteiger charge is 2.41. The third kappa shape index (κ3) is 3.32. The Morgan fingerprint density at radius 1 is 1.15 bits per heavy atom. The van der Waals surface area contributed by atoms with Gasteiger partial charge < -0.3 is 18.8 Å². The molecule has 0 N–H and O–H groups in total. The molecule has 1 fully saturated rings. The second-order valence-corrected chi connectivity index (χ2v) is 7.40. The summed E-state index contributed by atoms with van der Waals surface area (Å²) in [5.74, 6) is 1.59. The van der Waals surface area contributed by atoms with E-state index < -0.39 is 0 Å². The number of hydrogen-bond donors (Lipinski definition) is 0. The Kier molecular flexibility index (Phi) is 5.10. The predicted octanol–water partition coefficient (Wildman–Crippen LogP) is 2.98. The first kappa shape index (κ1) is 18.3. The number of fused-ring (bicyclic) bond motifs is 2. The molecule has 1 aromatic carbocycles. The van der Waals surface area contributed by atoms with Gasteiger partial charge in [0.25, 0.3) is 0 Å². The lowest BCUT2D eigenvalue weighted by molar-refractivity contribution is -0.0992. The van der Waals surface area contributed by atoms with Crippen LogP contribution in [0.2, 0.25) is 0 Å². The van der Waals surface area contributed by atoms with Crippen LogP contribution < -0.4 is 9.47 Å². The van der Waals surface area contributed by atoms with Crippen LogP contribution in [0, 0.1) is 0 Å². The molecule has 0 bridgehead atoms. The Morgan fingerprint density at radius 3 is 2.59 bits per heavy atom. The Labute approximate surface area is 161 Å². The molecule has 0 unspecified atom stereocenters. The summed E-state index contributed by atoms with van der Waals surface area (Å²) in [5, 5.41) is 0. The van der Waals surface area contributed by atoms with Crippen molar-refractivity contribution in [1.82, 2.24) is 14.5 Å². The molecule has 2 aromatic rings. The van der Waals surface area contributed by atoms with Gasteiger partial charge in [0.15, 0.2) is 11.5 Å². The van der Waals surface area contributed by atoms with Crippen molar-refractivity contribution in [3.8, 4) is 11.5 Å². The lowest BCUT2D eigenvalue weighted by Gasteiger charge is -2.45. The van der Waals surface area contributed by atoms with E-state index in [1.807, 2.05) is 12.5 Å². The molecule has 1 aromatic heterocycles. The van der Waals surface area contributed by atoms with Gasteiger partial charge in [-0.1, -0.05) is 0 Å². The number of aromatic nitrogens is 2. The maximum Gasteiger partial charge on any atom is 0.161 e. The molecule has 4 rings (SSSR count). The van der Waals surface area contributed by atoms with Crippen LogP contribution >= 0.6 is 0 Å². The summed E-state index contributed by atoms with van der Waals surface area (Å²) < 4.78 is 19.7. The number of nitrogens with zero attached hydrogens (tertiary/aromatic N) is 3. The van der Waals surface area contributed by atoms with Crippen LogP contribution in [0.15, 0.2) is 24.7 Å². The summed E-state index contributed by atoms with van der Waals surface area (Å²) in [7, 11) is 3.39. The van der Waals surface area contributed by atoms with E-state index in [0.29, 0.717) is 0 Å². The summed E-state index contributed by atoms with van der Waals surface area (Å²) in [6, 6.07) is 4.26. The molecule has 3 heterocycles. The standard InChI is InChI=1S/C21H29N3O3/c1-4-24-15-22-13-17(24)14-23-8-6-21(7-9-23)18-12-20(26-3)19(25-2)11-16(18)5-10-27-21/h11-13,15H,4-10,14H2,1-3H3. The quantitative estimate of drug-likeness (QED) is 0.809. The minimum atomic E-state index is -0.200. The lowest BCUT2D eigenvalue weighted by Crippen LogP contribution is -2.46. The maximum absolute atomic E-state index is 6.39. The summed E-state index contributed by atoms with van der Waals surface area (Å²) in [6.45, 7) is 6.87. The highest BCUT2D eigenvalue weighted by molar-refractivity contribution is 5.50. The minimum absolute atomic E-state index is 0.200. The van der Waals surface area contributed by atoms with Crippen LogP contribution in [0.1, 0.15) is 36.6 Å². The van der Waals surface area contributed by atoms with Crippen molar-refractivity contribution in [2.45, 2.75) is 44.9 Å². The minimum Gasteiger partial charge on any atom is -0.493 e. The molecule has 6 heteroatoms. The van der Waals surface area contributed by atoms with Gasteiger partial charge in [0.05, 0.1) is 38.4 Å². The molecule has 0 aliphatic carbocycles. The number of imidazole rings is 1. The fourth-order valence-corrected chi connectivity index (χ4v) is 4.47. The van der Waals surface area contributed by atoms with Gasteiger partial charge in [-0.2, -0.15) is 0 Å². The molecule has 0 radical (unpaired) electrons. The number of benzene rings is 1. The smallest absolute Gasteiger partial charge is 0.161 e. The van der Waals surface area contributed by atoms with Crippen molar-refractivity contribution >= 4 is 0 Å². The van der Waals surface area contributed by atoms with Gasteiger partial charge in [0.2, 0.25) is 0 Å². The number of likely N-dealkylation sites (tertiary alicyclic amines) is 1. The molecule has 27 heavy (non-hydrogen) atoms. The van der Waals surface area contributed by atoms with E-state index in [9.17, 15) is 0 Å². The third-order valence-corrected chi connectivity index (χ3v) is 6.04. The van der Waals surface area contributed by atoms with Crippen molar-refractivity contribution in [1.29, 1.82) is 0 Å². The molecule has 6 nitrogen and oxygen atoms in total. The van der Waals surface area contributed by atoms with Crippen LogP contribution in [-0.2, 0) is 29.8 Å². The van der Waals surface area contributed by atoms with E-state index in [1.54, 1.807) is 14.2 Å². The summed E-state index contributed by atoms with van der Waals surface area (Å²) in [4.78, 5) is 6.80. The summed E-state index contributed by atoms with van der Waals surface area (Å²) in [6.07, 6.45) is 6.82. The molecule has 146 valence electrons. The Morgan fingerprint density at radius 2 is 1.89 bits per heavy atom. The van der Waals surface area contributed by atoms with Gasteiger partial charge in [-0.25, -0.2) is 4.98 Å². The Hall–Kier alpha value is -2.05. The zero-order valence-corrected chi connectivity index (χ0v) is 16.5. The van der Waals surface area contributed by atoms with Crippen molar-refractivity contribution in [2.24, 2.45) is 0 Å². The lowest BCUT2D eigenvalue weighted by atomic mass is 9.79. The zero-order chi connectivity index (χ0) is 18.9. The molecule has 0 atom stereocenters. The van der Waals surface area contributed by atoms with E-state index in [2.05, 4.69) is 33.5 Å². The van der Waals surface area contributed by atoms with Crippen molar-refractivity contribution in [3.05, 3.63) is 41.5 Å². The van der Waals surface area contributed by atoms with Crippen LogP contribution in [-0.4, -0.2) is 48.4 Å².